The molecule has 2 aromatic rings. The zero-order valence-corrected chi connectivity index (χ0v) is 28.6. The number of rotatable bonds is 12. The SMILES string of the molecule is CC(=O)OC(C(N)=O)=C(NC(=O)[C@@H]1CCCN1C(=O)C(NC(=O)c1ccc(C(=O)NS(=O)(=O)c2ccc(Cl)cc2)cc1)C(C)C)C(C)C. The van der Waals surface area contributed by atoms with Gasteiger partial charge in [0.15, 0.2) is 0 Å². The van der Waals surface area contributed by atoms with E-state index < -0.39 is 75.2 Å². The summed E-state index contributed by atoms with van der Waals surface area (Å²) in [6, 6.07) is 8.42. The van der Waals surface area contributed by atoms with Crippen molar-refractivity contribution in [3.05, 3.63) is 76.1 Å². The minimum Gasteiger partial charge on any atom is -0.419 e. The molecule has 5 N–H and O–H groups in total. The van der Waals surface area contributed by atoms with Crippen LogP contribution in [-0.4, -0.2) is 67.5 Å². The summed E-state index contributed by atoms with van der Waals surface area (Å²) in [7, 11) is -4.18. The van der Waals surface area contributed by atoms with Gasteiger partial charge in [-0.15, -0.1) is 0 Å². The molecule has 3 rings (SSSR count). The molecule has 16 heteroatoms. The number of likely N-dealkylation sites (tertiary alicyclic amines) is 1. The predicted molar refractivity (Wildman–Crippen MR) is 174 cm³/mol. The van der Waals surface area contributed by atoms with Gasteiger partial charge < -0.3 is 26.0 Å². The first-order valence-electron chi connectivity index (χ1n) is 15.0. The van der Waals surface area contributed by atoms with Crippen LogP contribution in [0.4, 0.5) is 0 Å². The second-order valence-corrected chi connectivity index (χ2v) is 13.8. The number of carbonyl (C=O) groups excluding carboxylic acids is 6. The molecule has 258 valence electrons. The zero-order chi connectivity index (χ0) is 35.9. The fourth-order valence-corrected chi connectivity index (χ4v) is 6.01. The van der Waals surface area contributed by atoms with Crippen molar-refractivity contribution >= 4 is 57.1 Å². The third-order valence-electron chi connectivity index (χ3n) is 7.37. The Morgan fingerprint density at radius 2 is 1.48 bits per heavy atom. The Balaban J connectivity index is 1.73. The lowest BCUT2D eigenvalue weighted by Crippen LogP contribution is -2.55. The minimum absolute atomic E-state index is 0.00424. The number of esters is 1. The van der Waals surface area contributed by atoms with E-state index in [1.165, 1.54) is 53.4 Å². The smallest absolute Gasteiger partial charge is 0.308 e. The topological polar surface area (TPSA) is 211 Å². The van der Waals surface area contributed by atoms with Gasteiger partial charge in [0.25, 0.3) is 27.7 Å². The standard InChI is InChI=1S/C32H38ClN5O9S/c1-17(2)25(27(28(34)40)47-19(5)39)35-31(43)24-7-6-16-38(24)32(44)26(18(3)4)36-29(41)20-8-10-21(11-9-20)30(42)37-48(45,46)23-14-12-22(33)13-15-23/h8-15,17-18,24,26H,6-7,16H2,1-5H3,(H2,34,40)(H,35,43)(H,36,41)(H,37,42)/t24-,26?/m0/s1. The summed E-state index contributed by atoms with van der Waals surface area (Å²) >= 11 is 5.80. The van der Waals surface area contributed by atoms with Crippen molar-refractivity contribution in [3.63, 3.8) is 0 Å². The van der Waals surface area contributed by atoms with Gasteiger partial charge in [-0.3, -0.25) is 28.8 Å². The van der Waals surface area contributed by atoms with Crippen LogP contribution in [-0.2, 0) is 33.9 Å². The van der Waals surface area contributed by atoms with Gasteiger partial charge in [-0.05, 0) is 73.2 Å². The fraction of sp³-hybridized carbons (Fsp3) is 0.375. The summed E-state index contributed by atoms with van der Waals surface area (Å²) in [6.45, 7) is 8.08. The summed E-state index contributed by atoms with van der Waals surface area (Å²) in [5, 5.41) is 5.64. The maximum absolute atomic E-state index is 13.7. The molecule has 0 spiro atoms. The van der Waals surface area contributed by atoms with E-state index in [0.29, 0.717) is 17.9 Å². The van der Waals surface area contributed by atoms with Crippen molar-refractivity contribution in [2.75, 3.05) is 6.54 Å². The van der Waals surface area contributed by atoms with Crippen molar-refractivity contribution in [3.8, 4) is 0 Å². The highest BCUT2D eigenvalue weighted by molar-refractivity contribution is 7.90. The van der Waals surface area contributed by atoms with Crippen LogP contribution >= 0.6 is 11.6 Å². The van der Waals surface area contributed by atoms with Crippen LogP contribution in [0.3, 0.4) is 0 Å². The molecule has 0 bridgehead atoms. The highest BCUT2D eigenvalue weighted by Gasteiger charge is 2.39. The monoisotopic (exact) mass is 703 g/mol. The molecule has 0 saturated carbocycles. The molecule has 2 atom stereocenters. The third kappa shape index (κ3) is 9.41. The number of sulfonamides is 1. The highest BCUT2D eigenvalue weighted by Crippen LogP contribution is 2.23. The first-order chi connectivity index (χ1) is 22.4. The van der Waals surface area contributed by atoms with Gasteiger partial charge in [-0.2, -0.15) is 0 Å². The quantitative estimate of drug-likeness (QED) is 0.145. The number of halogens is 1. The number of nitrogens with two attached hydrogens (primary N) is 1. The number of carbonyl (C=O) groups is 6. The van der Waals surface area contributed by atoms with Gasteiger partial charge in [0.05, 0.1) is 10.6 Å². The Bertz CT molecular complexity index is 1720. The van der Waals surface area contributed by atoms with E-state index in [-0.39, 0.29) is 28.3 Å². The second kappa shape index (κ2) is 15.9. The number of hydrogen-bond donors (Lipinski definition) is 4. The number of nitrogens with zero attached hydrogens (tertiary/aromatic N) is 1. The average Bonchev–Trinajstić information content (AvgIpc) is 3.51. The zero-order valence-electron chi connectivity index (χ0n) is 27.0. The summed E-state index contributed by atoms with van der Waals surface area (Å²) in [5.74, 6) is -5.91. The van der Waals surface area contributed by atoms with E-state index in [0.717, 1.165) is 6.92 Å². The number of nitrogens with one attached hydrogen (secondary N) is 3. The molecule has 0 aliphatic carbocycles. The van der Waals surface area contributed by atoms with E-state index in [1.807, 2.05) is 4.72 Å². The van der Waals surface area contributed by atoms with Gasteiger partial charge in [0, 0.05) is 29.6 Å². The van der Waals surface area contributed by atoms with E-state index in [1.54, 1.807) is 27.7 Å². The first-order valence-corrected chi connectivity index (χ1v) is 16.9. The molecule has 48 heavy (non-hydrogen) atoms. The number of primary amides is 1. The molecular formula is C32H38ClN5O9S. The Hall–Kier alpha value is -4.76. The Kier molecular flexibility index (Phi) is 12.5. The lowest BCUT2D eigenvalue weighted by Gasteiger charge is -2.31. The van der Waals surface area contributed by atoms with Crippen LogP contribution in [0.2, 0.25) is 5.02 Å². The Labute approximate surface area is 283 Å². The third-order valence-corrected chi connectivity index (χ3v) is 8.97. The molecule has 1 saturated heterocycles. The minimum atomic E-state index is -4.18. The molecule has 1 unspecified atom stereocenters. The molecule has 1 fully saturated rings. The lowest BCUT2D eigenvalue weighted by atomic mass is 10.0. The molecule has 0 aromatic heterocycles. The predicted octanol–water partition coefficient (Wildman–Crippen LogP) is 2.24. The van der Waals surface area contributed by atoms with Crippen molar-refractivity contribution in [2.45, 2.75) is 64.4 Å². The maximum atomic E-state index is 13.7. The molecule has 1 aliphatic rings. The number of hydrogen-bond acceptors (Lipinski definition) is 9. The maximum Gasteiger partial charge on any atom is 0.308 e. The molecule has 1 heterocycles. The molecular weight excluding hydrogens is 666 g/mol. The van der Waals surface area contributed by atoms with Crippen LogP contribution in [0.25, 0.3) is 0 Å². The van der Waals surface area contributed by atoms with Crippen molar-refractivity contribution < 1.29 is 41.9 Å². The number of ether oxygens (including phenoxy) is 1. The largest absolute Gasteiger partial charge is 0.419 e. The van der Waals surface area contributed by atoms with Crippen LogP contribution < -0.4 is 21.1 Å². The van der Waals surface area contributed by atoms with Gasteiger partial charge >= 0.3 is 5.97 Å². The summed E-state index contributed by atoms with van der Waals surface area (Å²) in [4.78, 5) is 77.7. The molecule has 1 aliphatic heterocycles. The average molecular weight is 704 g/mol. The van der Waals surface area contributed by atoms with Crippen molar-refractivity contribution in [1.29, 1.82) is 0 Å². The highest BCUT2D eigenvalue weighted by atomic mass is 35.5. The van der Waals surface area contributed by atoms with Crippen molar-refractivity contribution in [2.24, 2.45) is 17.6 Å². The van der Waals surface area contributed by atoms with E-state index in [9.17, 15) is 37.2 Å². The van der Waals surface area contributed by atoms with Crippen LogP contribution in [0.1, 0.15) is 68.2 Å². The van der Waals surface area contributed by atoms with Gasteiger partial charge in [-0.25, -0.2) is 13.1 Å². The number of amides is 5. The summed E-state index contributed by atoms with van der Waals surface area (Å²) in [6.07, 6.45) is 0.797. The van der Waals surface area contributed by atoms with Gasteiger partial charge in [0.2, 0.25) is 17.6 Å². The molecule has 14 nitrogen and oxygen atoms in total. The molecule has 2 aromatic carbocycles. The van der Waals surface area contributed by atoms with Gasteiger partial charge in [-0.1, -0.05) is 39.3 Å². The Morgan fingerprint density at radius 1 is 0.917 bits per heavy atom. The summed E-state index contributed by atoms with van der Waals surface area (Å²) in [5.41, 5.74) is 5.45. The van der Waals surface area contributed by atoms with E-state index >= 15 is 0 Å². The number of benzene rings is 2. The Morgan fingerprint density at radius 3 is 1.98 bits per heavy atom. The normalized spacial score (nSPS) is 15.8. The second-order valence-electron chi connectivity index (χ2n) is 11.7. The molecule has 0 radical (unpaired) electrons. The fourth-order valence-electron chi connectivity index (χ4n) is 4.91. The van der Waals surface area contributed by atoms with E-state index in [4.69, 9.17) is 22.1 Å². The molecule has 5 amide bonds. The van der Waals surface area contributed by atoms with Crippen molar-refractivity contribution in [1.82, 2.24) is 20.3 Å². The van der Waals surface area contributed by atoms with Crippen LogP contribution in [0.5, 0.6) is 0 Å². The van der Waals surface area contributed by atoms with Gasteiger partial charge in [0.1, 0.15) is 12.1 Å². The van der Waals surface area contributed by atoms with Crippen LogP contribution in [0.15, 0.2) is 64.9 Å². The van der Waals surface area contributed by atoms with Crippen LogP contribution in [0, 0.1) is 11.8 Å². The number of allylic oxidation sites excluding steroid dienone is 1. The van der Waals surface area contributed by atoms with E-state index in [2.05, 4.69) is 10.6 Å². The first kappa shape index (κ1) is 37.7. The lowest BCUT2D eigenvalue weighted by molar-refractivity contribution is -0.141. The summed E-state index contributed by atoms with van der Waals surface area (Å²) < 4.78 is 32.1.